The van der Waals surface area contributed by atoms with E-state index in [9.17, 15) is 4.79 Å². The topological polar surface area (TPSA) is 17.1 Å². The van der Waals surface area contributed by atoms with Gasteiger partial charge in [-0.1, -0.05) is 11.6 Å². The molecule has 0 fully saturated rings. The molecule has 0 saturated heterocycles. The Morgan fingerprint density at radius 1 is 1.75 bits per heavy atom. The third kappa shape index (κ3) is 3.34. The molecule has 0 amide bonds. The van der Waals surface area contributed by atoms with E-state index >= 15 is 0 Å². The third-order valence-electron chi connectivity index (χ3n) is 0.819. The second-order valence-corrected chi connectivity index (χ2v) is 1.64. The van der Waals surface area contributed by atoms with E-state index in [0.29, 0.717) is 0 Å². The Balaban J connectivity index is 3.60. The van der Waals surface area contributed by atoms with Crippen molar-refractivity contribution in [3.05, 3.63) is 24.3 Å². The molecule has 0 aromatic carbocycles. The minimum absolute atomic E-state index is 0.791. The smallest absolute Gasteiger partial charge is 0.142 e. The van der Waals surface area contributed by atoms with Gasteiger partial charge in [0.2, 0.25) is 0 Å². The highest BCUT2D eigenvalue weighted by molar-refractivity contribution is 5.65. The molecule has 0 unspecified atom stereocenters. The molecular formula is C7H10O. The second-order valence-electron chi connectivity index (χ2n) is 1.64. The Bertz CT molecular complexity index is 112. The molecule has 0 heterocycles. The molecule has 0 saturated carbocycles. The van der Waals surface area contributed by atoms with Gasteiger partial charge in [0.05, 0.1) is 0 Å². The van der Waals surface area contributed by atoms with Crippen LogP contribution in [0.3, 0.4) is 0 Å². The highest BCUT2D eigenvalue weighted by atomic mass is 16.1. The number of carbonyl (C=O) groups is 1. The van der Waals surface area contributed by atoms with E-state index in [1.165, 1.54) is 0 Å². The fourth-order valence-corrected chi connectivity index (χ4v) is 0.412. The van der Waals surface area contributed by atoms with Gasteiger partial charge in [-0.15, -0.1) is 6.58 Å². The van der Waals surface area contributed by atoms with E-state index in [4.69, 9.17) is 0 Å². The van der Waals surface area contributed by atoms with Gasteiger partial charge in [0.25, 0.3) is 0 Å². The molecule has 0 atom stereocenters. The van der Waals surface area contributed by atoms with E-state index in [0.717, 1.165) is 18.3 Å². The number of aldehydes is 1. The molecule has 0 aromatic rings. The van der Waals surface area contributed by atoms with Crippen LogP contribution in [0.5, 0.6) is 0 Å². The van der Waals surface area contributed by atoms with Crippen molar-refractivity contribution in [1.29, 1.82) is 0 Å². The highest BCUT2D eigenvalue weighted by Crippen LogP contribution is 1.96. The zero-order chi connectivity index (χ0) is 6.41. The molecule has 1 heteroatoms. The summed E-state index contributed by atoms with van der Waals surface area (Å²) in [5, 5.41) is 0. The Morgan fingerprint density at radius 3 is 2.75 bits per heavy atom. The van der Waals surface area contributed by atoms with Crippen molar-refractivity contribution in [2.24, 2.45) is 0 Å². The van der Waals surface area contributed by atoms with E-state index in [-0.39, 0.29) is 0 Å². The maximum Gasteiger partial charge on any atom is 0.142 e. The molecule has 0 spiro atoms. The average molecular weight is 110 g/mol. The molecule has 44 valence electrons. The van der Waals surface area contributed by atoms with Gasteiger partial charge in [-0.05, 0) is 19.4 Å². The normalized spacial score (nSPS) is 10.9. The highest BCUT2D eigenvalue weighted by Gasteiger charge is 1.79. The summed E-state index contributed by atoms with van der Waals surface area (Å²) in [6.45, 7) is 5.43. The minimum atomic E-state index is 0.791. The molecule has 0 rings (SSSR count). The Kier molecular flexibility index (Phi) is 3.85. The van der Waals surface area contributed by atoms with E-state index in [2.05, 4.69) is 6.58 Å². The summed E-state index contributed by atoms with van der Waals surface area (Å²) in [4.78, 5) is 9.78. The zero-order valence-corrected chi connectivity index (χ0v) is 5.05. The van der Waals surface area contributed by atoms with Crippen LogP contribution in [-0.4, -0.2) is 6.29 Å². The van der Waals surface area contributed by atoms with Gasteiger partial charge in [-0.2, -0.15) is 0 Å². The molecular weight excluding hydrogens is 100 g/mol. The predicted octanol–water partition coefficient (Wildman–Crippen LogP) is 1.71. The van der Waals surface area contributed by atoms with Crippen LogP contribution in [0.15, 0.2) is 24.3 Å². The molecule has 1 nitrogen and oxygen atoms in total. The van der Waals surface area contributed by atoms with Crippen LogP contribution in [0.2, 0.25) is 0 Å². The first kappa shape index (κ1) is 7.15. The van der Waals surface area contributed by atoms with Crippen molar-refractivity contribution in [3.8, 4) is 0 Å². The minimum Gasteiger partial charge on any atom is -0.299 e. The third-order valence-corrected chi connectivity index (χ3v) is 0.819. The van der Waals surface area contributed by atoms with Crippen molar-refractivity contribution in [2.45, 2.75) is 13.3 Å². The van der Waals surface area contributed by atoms with Crippen LogP contribution in [-0.2, 0) is 4.79 Å². The van der Waals surface area contributed by atoms with Crippen molar-refractivity contribution >= 4 is 6.29 Å². The lowest BCUT2D eigenvalue weighted by atomic mass is 10.2. The van der Waals surface area contributed by atoms with Crippen LogP contribution < -0.4 is 0 Å². The molecule has 0 radical (unpaired) electrons. The molecule has 0 aliphatic heterocycles. The van der Waals surface area contributed by atoms with Crippen molar-refractivity contribution in [1.82, 2.24) is 0 Å². The molecule has 0 aliphatic rings. The van der Waals surface area contributed by atoms with Crippen LogP contribution >= 0.6 is 0 Å². The summed E-state index contributed by atoms with van der Waals surface area (Å²) in [7, 11) is 0. The lowest BCUT2D eigenvalue weighted by molar-refractivity contribution is -0.104. The van der Waals surface area contributed by atoms with E-state index < -0.39 is 0 Å². The van der Waals surface area contributed by atoms with Gasteiger partial charge in [-0.25, -0.2) is 0 Å². The molecule has 0 N–H and O–H groups in total. The largest absolute Gasteiger partial charge is 0.299 e. The number of carbonyl (C=O) groups excluding carboxylic acids is 1. The summed E-state index contributed by atoms with van der Waals surface area (Å²) in [6, 6.07) is 0. The van der Waals surface area contributed by atoms with Gasteiger partial charge in [0.1, 0.15) is 6.29 Å². The van der Waals surface area contributed by atoms with Crippen molar-refractivity contribution in [2.75, 3.05) is 0 Å². The number of hydrogen-bond acceptors (Lipinski definition) is 1. The van der Waals surface area contributed by atoms with Gasteiger partial charge in [0, 0.05) is 0 Å². The van der Waals surface area contributed by atoms with Crippen molar-refractivity contribution < 1.29 is 4.79 Å². The fraction of sp³-hybridized carbons (Fsp3) is 0.286. The Hall–Kier alpha value is -0.850. The maximum atomic E-state index is 9.78. The van der Waals surface area contributed by atoms with E-state index in [1.807, 2.05) is 6.92 Å². The first-order valence-electron chi connectivity index (χ1n) is 2.53. The Morgan fingerprint density at radius 2 is 2.38 bits per heavy atom. The molecule has 0 aromatic heterocycles. The summed E-state index contributed by atoms with van der Waals surface area (Å²) in [6.07, 6.45) is 4.91. The van der Waals surface area contributed by atoms with Crippen LogP contribution in [0, 0.1) is 0 Å². The van der Waals surface area contributed by atoms with E-state index in [1.54, 1.807) is 12.2 Å². The molecule has 0 aliphatic carbocycles. The van der Waals surface area contributed by atoms with Crippen LogP contribution in [0.25, 0.3) is 0 Å². The Labute approximate surface area is 49.7 Å². The lowest BCUT2D eigenvalue weighted by Gasteiger charge is -1.86. The summed E-state index contributed by atoms with van der Waals surface area (Å²) in [5.41, 5.74) is 1.05. The monoisotopic (exact) mass is 110 g/mol. The SMILES string of the molecule is C=CCC(C)=CC=O. The second kappa shape index (κ2) is 4.31. The van der Waals surface area contributed by atoms with Gasteiger partial charge >= 0.3 is 0 Å². The summed E-state index contributed by atoms with van der Waals surface area (Å²) in [5.74, 6) is 0. The number of allylic oxidation sites excluding steroid dienone is 3. The molecule has 0 bridgehead atoms. The average Bonchev–Trinajstić information content (AvgIpc) is 1.68. The molecule has 8 heavy (non-hydrogen) atoms. The summed E-state index contributed by atoms with van der Waals surface area (Å²) >= 11 is 0. The van der Waals surface area contributed by atoms with Crippen LogP contribution in [0.4, 0.5) is 0 Å². The van der Waals surface area contributed by atoms with Gasteiger partial charge in [-0.3, -0.25) is 4.79 Å². The van der Waals surface area contributed by atoms with Crippen molar-refractivity contribution in [3.63, 3.8) is 0 Å². The summed E-state index contributed by atoms with van der Waals surface area (Å²) < 4.78 is 0. The lowest BCUT2D eigenvalue weighted by Crippen LogP contribution is -1.71. The zero-order valence-electron chi connectivity index (χ0n) is 5.05. The maximum absolute atomic E-state index is 9.78. The standard InChI is InChI=1S/C7H10O/c1-3-4-7(2)5-6-8/h3,5-6H,1,4H2,2H3. The quantitative estimate of drug-likeness (QED) is 0.307. The fourth-order valence-electron chi connectivity index (χ4n) is 0.412. The predicted molar refractivity (Wildman–Crippen MR) is 34.6 cm³/mol. The first-order chi connectivity index (χ1) is 3.81. The first-order valence-corrected chi connectivity index (χ1v) is 2.53. The number of hydrogen-bond donors (Lipinski definition) is 0. The van der Waals surface area contributed by atoms with Gasteiger partial charge < -0.3 is 0 Å². The van der Waals surface area contributed by atoms with Gasteiger partial charge in [0.15, 0.2) is 0 Å². The number of rotatable bonds is 3. The van der Waals surface area contributed by atoms with Crippen LogP contribution in [0.1, 0.15) is 13.3 Å².